The van der Waals surface area contributed by atoms with Crippen LogP contribution in [-0.4, -0.2) is 115 Å². The first-order chi connectivity index (χ1) is 31.2. The molecule has 3 amide bonds. The Hall–Kier alpha value is -3.62. The second-order valence-electron chi connectivity index (χ2n) is 20.4. The Morgan fingerprint density at radius 3 is 2.05 bits per heavy atom. The third-order valence-electron chi connectivity index (χ3n) is 16.5. The standard InChI is InChI=1S/C47H76BN5O12S/c1-29(35-17-18-36-34-16-11-30-28-32(54)22-24-46(30,2)37(34)23-25-47(35,36)3)10-20-42(56)52-40(45(60)61)19-21-41(55)50-26-6-5-8-38(49-4)43(57)53-39(44(58)59)9-7-27-51-66(64,65)33-14-12-31(13-15-33)48(62)63/h12-15,29-30,32,34-40,49,51,54,62-63H,5-11,16-28H2,1-4H3,(H,50,55)(H,52,56)(H,53,57)(H,58,59)(H,60,61)/t29?,30-,32-,34?,35?,36?,37?,38?,39?,40?,46+,47-/m0/s1. The van der Waals surface area contributed by atoms with Crippen LogP contribution in [0.5, 0.6) is 0 Å². The minimum Gasteiger partial charge on any atom is -0.480 e. The monoisotopic (exact) mass is 946 g/mol. The van der Waals surface area contributed by atoms with Gasteiger partial charge in [0.05, 0.1) is 17.0 Å². The quantitative estimate of drug-likeness (QED) is 0.0500. The van der Waals surface area contributed by atoms with Crippen LogP contribution in [0.4, 0.5) is 0 Å². The van der Waals surface area contributed by atoms with Crippen LogP contribution in [0.2, 0.25) is 0 Å². The maximum absolute atomic E-state index is 13.1. The van der Waals surface area contributed by atoms with E-state index >= 15 is 0 Å². The van der Waals surface area contributed by atoms with Gasteiger partial charge in [-0.3, -0.25) is 14.4 Å². The zero-order chi connectivity index (χ0) is 48.4. The summed E-state index contributed by atoms with van der Waals surface area (Å²) in [6.07, 6.45) is 12.3. The number of carboxylic acid groups (broad SMARTS) is 2. The number of sulfonamides is 1. The average molecular weight is 946 g/mol. The highest BCUT2D eigenvalue weighted by molar-refractivity contribution is 7.89. The number of aliphatic carboxylic acids is 2. The van der Waals surface area contributed by atoms with E-state index < -0.39 is 53.1 Å². The van der Waals surface area contributed by atoms with Gasteiger partial charge in [0, 0.05) is 25.9 Å². The number of hydrogen-bond acceptors (Lipinski definition) is 11. The number of rotatable bonds is 25. The SMILES string of the molecule is CNC(CCCCNC(=O)CCC(NC(=O)CCC(C)C1CCC2C3CC[C@H]4C[C@@H](O)CC[C@@]4(C)C3CC[C@@]12C)C(=O)O)C(=O)NC(CCCNS(=O)(=O)c1ccc(B(O)O)cc1)C(=O)O. The van der Waals surface area contributed by atoms with Crippen LogP contribution in [0.3, 0.4) is 0 Å². The van der Waals surface area contributed by atoms with E-state index in [0.29, 0.717) is 54.8 Å². The second kappa shape index (κ2) is 23.6. The highest BCUT2D eigenvalue weighted by atomic mass is 32.2. The summed E-state index contributed by atoms with van der Waals surface area (Å²) >= 11 is 0. The number of benzene rings is 1. The number of likely N-dealkylation sites (N-methyl/N-ethyl adjacent to an activating group) is 1. The normalized spacial score (nSPS) is 28.9. The van der Waals surface area contributed by atoms with Gasteiger partial charge in [0.25, 0.3) is 0 Å². The average Bonchev–Trinajstić information content (AvgIpc) is 3.63. The number of aliphatic hydroxyl groups is 1. The van der Waals surface area contributed by atoms with Crippen molar-refractivity contribution in [1.82, 2.24) is 26.0 Å². The zero-order valence-corrected chi connectivity index (χ0v) is 40.1. The maximum atomic E-state index is 13.1. The van der Waals surface area contributed by atoms with E-state index in [1.807, 2.05) is 0 Å². The zero-order valence-electron chi connectivity index (χ0n) is 39.3. The van der Waals surface area contributed by atoms with Gasteiger partial charge in [-0.25, -0.2) is 22.7 Å². The molecule has 0 spiro atoms. The molecule has 10 N–H and O–H groups in total. The first-order valence-electron chi connectivity index (χ1n) is 24.3. The summed E-state index contributed by atoms with van der Waals surface area (Å²) in [5.41, 5.74) is 0.692. The Kier molecular flexibility index (Phi) is 19.1. The molecule has 19 heteroatoms. The van der Waals surface area contributed by atoms with Gasteiger partial charge in [-0.1, -0.05) is 32.9 Å². The van der Waals surface area contributed by atoms with E-state index in [1.54, 1.807) is 7.05 Å². The Balaban J connectivity index is 0.959. The molecular weight excluding hydrogens is 869 g/mol. The van der Waals surface area contributed by atoms with Crippen LogP contribution >= 0.6 is 0 Å². The fourth-order valence-electron chi connectivity index (χ4n) is 12.7. The number of carboxylic acids is 2. The lowest BCUT2D eigenvalue weighted by Crippen LogP contribution is -2.54. The number of nitrogens with one attached hydrogen (secondary N) is 5. The summed E-state index contributed by atoms with van der Waals surface area (Å²) in [6, 6.07) is 1.75. The third kappa shape index (κ3) is 13.3. The Morgan fingerprint density at radius 2 is 1.38 bits per heavy atom. The van der Waals surface area contributed by atoms with Crippen molar-refractivity contribution in [2.24, 2.45) is 46.3 Å². The molecule has 0 saturated heterocycles. The van der Waals surface area contributed by atoms with Crippen LogP contribution in [-0.2, 0) is 34.0 Å². The van der Waals surface area contributed by atoms with Crippen LogP contribution in [0.25, 0.3) is 0 Å². The van der Waals surface area contributed by atoms with E-state index in [4.69, 9.17) is 0 Å². The molecule has 66 heavy (non-hydrogen) atoms. The van der Waals surface area contributed by atoms with Crippen molar-refractivity contribution in [2.45, 2.75) is 165 Å². The summed E-state index contributed by atoms with van der Waals surface area (Å²) in [6.45, 7) is 7.42. The van der Waals surface area contributed by atoms with Gasteiger partial charge in [0.2, 0.25) is 27.7 Å². The molecule has 8 unspecified atom stereocenters. The lowest BCUT2D eigenvalue weighted by atomic mass is 9.44. The van der Waals surface area contributed by atoms with Gasteiger partial charge in [-0.15, -0.1) is 0 Å². The van der Waals surface area contributed by atoms with Gasteiger partial charge < -0.3 is 46.6 Å². The van der Waals surface area contributed by atoms with Gasteiger partial charge in [0.15, 0.2) is 0 Å². The first kappa shape index (κ1) is 53.3. The summed E-state index contributed by atoms with van der Waals surface area (Å²) < 4.78 is 27.5. The molecule has 370 valence electrons. The van der Waals surface area contributed by atoms with Crippen LogP contribution in [0.15, 0.2) is 29.2 Å². The number of amides is 3. The molecule has 17 nitrogen and oxygen atoms in total. The van der Waals surface area contributed by atoms with Crippen molar-refractivity contribution in [2.75, 3.05) is 20.1 Å². The molecule has 1 aromatic rings. The van der Waals surface area contributed by atoms with Gasteiger partial charge >= 0.3 is 19.1 Å². The highest BCUT2D eigenvalue weighted by Crippen LogP contribution is 2.68. The number of carbonyl (C=O) groups excluding carboxylic acids is 3. The van der Waals surface area contributed by atoms with Crippen molar-refractivity contribution in [3.63, 3.8) is 0 Å². The smallest absolute Gasteiger partial charge is 0.480 e. The molecule has 1 aromatic carbocycles. The summed E-state index contributed by atoms with van der Waals surface area (Å²) in [5, 5.41) is 59.2. The molecule has 0 bridgehead atoms. The minimum absolute atomic E-state index is 0.0526. The van der Waals surface area contributed by atoms with E-state index in [1.165, 1.54) is 56.4 Å². The van der Waals surface area contributed by atoms with Crippen LogP contribution < -0.4 is 31.5 Å². The van der Waals surface area contributed by atoms with Crippen LogP contribution in [0, 0.1) is 46.3 Å². The predicted molar refractivity (Wildman–Crippen MR) is 248 cm³/mol. The summed E-state index contributed by atoms with van der Waals surface area (Å²) in [5.74, 6) is -0.0872. The Labute approximate surface area is 391 Å². The van der Waals surface area contributed by atoms with Crippen molar-refractivity contribution in [3.05, 3.63) is 24.3 Å². The lowest BCUT2D eigenvalue weighted by molar-refractivity contribution is -0.142. The maximum Gasteiger partial charge on any atom is 0.488 e. The predicted octanol–water partition coefficient (Wildman–Crippen LogP) is 2.65. The number of hydrogen-bond donors (Lipinski definition) is 10. The van der Waals surface area contributed by atoms with Crippen molar-refractivity contribution >= 4 is 52.3 Å². The number of carbonyl (C=O) groups is 5. The molecule has 0 aromatic heterocycles. The fraction of sp³-hybridized carbons (Fsp3) is 0.766. The van der Waals surface area contributed by atoms with E-state index in [-0.39, 0.29) is 78.9 Å². The Morgan fingerprint density at radius 1 is 0.742 bits per heavy atom. The molecular formula is C47H76BN5O12S. The topological polar surface area (TPSA) is 281 Å². The van der Waals surface area contributed by atoms with Gasteiger partial charge in [-0.05, 0) is 174 Å². The number of fused-ring (bicyclic) bond motifs is 5. The van der Waals surface area contributed by atoms with E-state index in [2.05, 4.69) is 46.8 Å². The summed E-state index contributed by atoms with van der Waals surface area (Å²) in [7, 11) is -4.12. The highest BCUT2D eigenvalue weighted by Gasteiger charge is 2.60. The summed E-state index contributed by atoms with van der Waals surface area (Å²) in [4.78, 5) is 62.6. The molecule has 4 aliphatic rings. The third-order valence-corrected chi connectivity index (χ3v) is 18.0. The minimum atomic E-state index is -3.94. The Bertz CT molecular complexity index is 1940. The molecule has 0 aliphatic heterocycles. The number of aliphatic hydroxyl groups excluding tert-OH is 1. The molecule has 5 rings (SSSR count). The molecule has 0 heterocycles. The molecule has 12 atom stereocenters. The first-order valence-corrected chi connectivity index (χ1v) is 25.8. The van der Waals surface area contributed by atoms with Gasteiger partial charge in [0.1, 0.15) is 12.1 Å². The van der Waals surface area contributed by atoms with Crippen molar-refractivity contribution in [3.8, 4) is 0 Å². The second-order valence-corrected chi connectivity index (χ2v) is 22.2. The number of unbranched alkanes of at least 4 members (excludes halogenated alkanes) is 1. The molecule has 4 aliphatic carbocycles. The van der Waals surface area contributed by atoms with Crippen molar-refractivity contribution < 1.29 is 57.8 Å². The molecule has 0 radical (unpaired) electrons. The molecule has 4 saturated carbocycles. The van der Waals surface area contributed by atoms with Crippen LogP contribution in [0.1, 0.15) is 136 Å². The van der Waals surface area contributed by atoms with E-state index in [9.17, 15) is 57.8 Å². The fourth-order valence-corrected chi connectivity index (χ4v) is 13.8. The van der Waals surface area contributed by atoms with Crippen molar-refractivity contribution in [1.29, 1.82) is 0 Å². The largest absolute Gasteiger partial charge is 0.488 e. The van der Waals surface area contributed by atoms with E-state index in [0.717, 1.165) is 37.5 Å². The lowest BCUT2D eigenvalue weighted by Gasteiger charge is -2.61. The molecule has 4 fully saturated rings. The van der Waals surface area contributed by atoms with Gasteiger partial charge in [-0.2, -0.15) is 0 Å².